The molecule has 0 saturated carbocycles. The average molecular weight is 316 g/mol. The molecule has 124 valence electrons. The molecule has 23 heavy (non-hydrogen) atoms. The minimum absolute atomic E-state index is 0.0967. The second-order valence-electron chi connectivity index (χ2n) is 6.54. The van der Waals surface area contributed by atoms with E-state index in [-0.39, 0.29) is 11.8 Å². The topological polar surface area (TPSA) is 56.8 Å². The van der Waals surface area contributed by atoms with E-state index in [0.717, 1.165) is 31.5 Å². The van der Waals surface area contributed by atoms with Gasteiger partial charge in [-0.1, -0.05) is 0 Å². The lowest BCUT2D eigenvalue weighted by molar-refractivity contribution is -0.157. The van der Waals surface area contributed by atoms with Crippen LogP contribution in [0.1, 0.15) is 25.3 Å². The number of pyridine rings is 1. The minimum atomic E-state index is -0.447. The quantitative estimate of drug-likeness (QED) is 0.807. The van der Waals surface area contributed by atoms with E-state index in [1.54, 1.807) is 19.3 Å². The van der Waals surface area contributed by atoms with Gasteiger partial charge in [0, 0.05) is 52.0 Å². The lowest BCUT2D eigenvalue weighted by Gasteiger charge is -2.51. The maximum absolute atomic E-state index is 13.2. The molecule has 6 heteroatoms. The van der Waals surface area contributed by atoms with E-state index in [0.29, 0.717) is 19.6 Å². The summed E-state index contributed by atoms with van der Waals surface area (Å²) in [4.78, 5) is 34.7. The van der Waals surface area contributed by atoms with Crippen LogP contribution < -0.4 is 0 Å². The van der Waals surface area contributed by atoms with Crippen molar-refractivity contribution in [3.05, 3.63) is 30.1 Å². The van der Waals surface area contributed by atoms with Crippen LogP contribution in [-0.4, -0.2) is 70.3 Å². The van der Waals surface area contributed by atoms with Crippen LogP contribution in [0.4, 0.5) is 0 Å². The molecule has 0 N–H and O–H groups in total. The van der Waals surface area contributed by atoms with E-state index in [9.17, 15) is 9.59 Å². The normalized spacial score (nSPS) is 21.7. The van der Waals surface area contributed by atoms with Gasteiger partial charge in [0.2, 0.25) is 11.8 Å². The zero-order chi connectivity index (χ0) is 16.4. The molecule has 2 aliphatic rings. The van der Waals surface area contributed by atoms with Gasteiger partial charge in [0.1, 0.15) is 5.54 Å². The molecule has 1 aromatic rings. The Kier molecular flexibility index (Phi) is 4.35. The molecule has 0 bridgehead atoms. The van der Waals surface area contributed by atoms with E-state index >= 15 is 0 Å². The van der Waals surface area contributed by atoms with Gasteiger partial charge in [-0.15, -0.1) is 0 Å². The van der Waals surface area contributed by atoms with Gasteiger partial charge in [-0.2, -0.15) is 0 Å². The predicted octanol–water partition coefficient (Wildman–Crippen LogP) is 0.737. The van der Waals surface area contributed by atoms with Crippen LogP contribution in [0.5, 0.6) is 0 Å². The van der Waals surface area contributed by atoms with Gasteiger partial charge < -0.3 is 9.80 Å². The van der Waals surface area contributed by atoms with Gasteiger partial charge in [0.05, 0.1) is 0 Å². The molecular weight excluding hydrogens is 292 g/mol. The summed E-state index contributed by atoms with van der Waals surface area (Å²) in [5.41, 5.74) is 0.659. The standard InChI is InChI=1S/C17H24N4O2/c1-14(22)20-9-5-17(6-10-20)16(23)21(12-11-19(17)2)13-15-3-7-18-8-4-15/h3-4,7-8H,5-6,9-13H2,1-2H3. The summed E-state index contributed by atoms with van der Waals surface area (Å²) in [7, 11) is 2.03. The summed E-state index contributed by atoms with van der Waals surface area (Å²) < 4.78 is 0. The zero-order valence-corrected chi connectivity index (χ0v) is 13.9. The molecule has 0 aliphatic carbocycles. The van der Waals surface area contributed by atoms with Crippen molar-refractivity contribution in [1.29, 1.82) is 0 Å². The second kappa shape index (κ2) is 6.28. The average Bonchev–Trinajstić information content (AvgIpc) is 2.57. The molecule has 0 unspecified atom stereocenters. The monoisotopic (exact) mass is 316 g/mol. The van der Waals surface area contributed by atoms with Crippen LogP contribution in [0.15, 0.2) is 24.5 Å². The predicted molar refractivity (Wildman–Crippen MR) is 86.5 cm³/mol. The summed E-state index contributed by atoms with van der Waals surface area (Å²) in [6.45, 7) is 5.17. The van der Waals surface area contributed by atoms with Crippen molar-refractivity contribution in [2.24, 2.45) is 0 Å². The van der Waals surface area contributed by atoms with Gasteiger partial charge >= 0.3 is 0 Å². The first-order chi connectivity index (χ1) is 11.0. The Labute approximate surface area is 137 Å². The van der Waals surface area contributed by atoms with E-state index < -0.39 is 5.54 Å². The fourth-order valence-corrected chi connectivity index (χ4v) is 3.69. The van der Waals surface area contributed by atoms with Crippen LogP contribution in [0, 0.1) is 0 Å². The number of carbonyl (C=O) groups is 2. The van der Waals surface area contributed by atoms with Crippen molar-refractivity contribution < 1.29 is 9.59 Å². The van der Waals surface area contributed by atoms with Gasteiger partial charge in [0.15, 0.2) is 0 Å². The SMILES string of the molecule is CC(=O)N1CCC2(CC1)C(=O)N(Cc1ccncc1)CCN2C. The van der Waals surface area contributed by atoms with Crippen molar-refractivity contribution in [3.63, 3.8) is 0 Å². The number of hydrogen-bond donors (Lipinski definition) is 0. The molecule has 1 spiro atoms. The third-order valence-corrected chi connectivity index (χ3v) is 5.28. The molecule has 2 fully saturated rings. The highest BCUT2D eigenvalue weighted by atomic mass is 16.2. The number of aromatic nitrogens is 1. The zero-order valence-electron chi connectivity index (χ0n) is 13.9. The van der Waals surface area contributed by atoms with Crippen LogP contribution in [0.3, 0.4) is 0 Å². The van der Waals surface area contributed by atoms with Crippen LogP contribution >= 0.6 is 0 Å². The van der Waals surface area contributed by atoms with Gasteiger partial charge in [-0.05, 0) is 37.6 Å². The molecule has 6 nitrogen and oxygen atoms in total. The highest BCUT2D eigenvalue weighted by Crippen LogP contribution is 2.33. The number of amides is 2. The number of hydrogen-bond acceptors (Lipinski definition) is 4. The van der Waals surface area contributed by atoms with Crippen LogP contribution in [-0.2, 0) is 16.1 Å². The molecule has 0 atom stereocenters. The number of carbonyl (C=O) groups excluding carboxylic acids is 2. The Morgan fingerprint density at radius 3 is 2.43 bits per heavy atom. The molecule has 3 rings (SSSR count). The van der Waals surface area contributed by atoms with E-state index in [4.69, 9.17) is 0 Å². The molecule has 2 saturated heterocycles. The number of likely N-dealkylation sites (tertiary alicyclic amines) is 1. The maximum atomic E-state index is 13.2. The minimum Gasteiger partial charge on any atom is -0.343 e. The molecule has 2 aliphatic heterocycles. The van der Waals surface area contributed by atoms with Crippen molar-refractivity contribution in [3.8, 4) is 0 Å². The first kappa shape index (κ1) is 15.9. The molecule has 0 radical (unpaired) electrons. The van der Waals surface area contributed by atoms with Crippen molar-refractivity contribution in [2.45, 2.75) is 31.8 Å². The molecule has 0 aromatic carbocycles. The highest BCUT2D eigenvalue weighted by molar-refractivity contribution is 5.87. The van der Waals surface area contributed by atoms with Gasteiger partial charge in [0.25, 0.3) is 0 Å². The lowest BCUT2D eigenvalue weighted by atomic mass is 9.82. The van der Waals surface area contributed by atoms with Gasteiger partial charge in [-0.3, -0.25) is 19.5 Å². The number of likely N-dealkylation sites (N-methyl/N-ethyl adjacent to an activating group) is 1. The number of piperidine rings is 1. The van der Waals surface area contributed by atoms with Gasteiger partial charge in [-0.25, -0.2) is 0 Å². The van der Waals surface area contributed by atoms with E-state index in [2.05, 4.69) is 9.88 Å². The maximum Gasteiger partial charge on any atom is 0.243 e. The largest absolute Gasteiger partial charge is 0.343 e. The third-order valence-electron chi connectivity index (χ3n) is 5.28. The molecular formula is C17H24N4O2. The summed E-state index contributed by atoms with van der Waals surface area (Å²) in [5.74, 6) is 0.297. The molecule has 1 aromatic heterocycles. The Morgan fingerprint density at radius 1 is 1.17 bits per heavy atom. The smallest absolute Gasteiger partial charge is 0.243 e. The third kappa shape index (κ3) is 2.95. The summed E-state index contributed by atoms with van der Waals surface area (Å²) >= 11 is 0. The van der Waals surface area contributed by atoms with Crippen LogP contribution in [0.25, 0.3) is 0 Å². The first-order valence-electron chi connectivity index (χ1n) is 8.18. The number of nitrogens with zero attached hydrogens (tertiary/aromatic N) is 4. The Balaban J connectivity index is 1.75. The molecule has 3 heterocycles. The van der Waals surface area contributed by atoms with Crippen molar-refractivity contribution in [2.75, 3.05) is 33.2 Å². The first-order valence-corrected chi connectivity index (χ1v) is 8.18. The summed E-state index contributed by atoms with van der Waals surface area (Å²) in [5, 5.41) is 0. The van der Waals surface area contributed by atoms with Crippen LogP contribution in [0.2, 0.25) is 0 Å². The van der Waals surface area contributed by atoms with E-state index in [1.807, 2.05) is 29.0 Å². The number of piperazine rings is 1. The summed E-state index contributed by atoms with van der Waals surface area (Å²) in [6, 6.07) is 3.91. The second-order valence-corrected chi connectivity index (χ2v) is 6.54. The van der Waals surface area contributed by atoms with E-state index in [1.165, 1.54) is 0 Å². The lowest BCUT2D eigenvalue weighted by Crippen LogP contribution is -2.67. The Bertz CT molecular complexity index is 582. The fourth-order valence-electron chi connectivity index (χ4n) is 3.69. The molecule has 2 amide bonds. The van der Waals surface area contributed by atoms with Crippen molar-refractivity contribution >= 4 is 11.8 Å². The fraction of sp³-hybridized carbons (Fsp3) is 0.588. The number of rotatable bonds is 2. The van der Waals surface area contributed by atoms with Crippen molar-refractivity contribution in [1.82, 2.24) is 19.7 Å². The highest BCUT2D eigenvalue weighted by Gasteiger charge is 2.49. The Hall–Kier alpha value is -1.95. The Morgan fingerprint density at radius 2 is 1.83 bits per heavy atom. The summed E-state index contributed by atoms with van der Waals surface area (Å²) in [6.07, 6.45) is 4.96.